The number of nitrogens with zero attached hydrogens (tertiary/aromatic N) is 4. The maximum atomic E-state index is 14.1. The Bertz CT molecular complexity index is 1470. The van der Waals surface area contributed by atoms with Crippen molar-refractivity contribution in [3.63, 3.8) is 0 Å². The molecule has 0 spiro atoms. The molecule has 5 rings (SSSR count). The molecule has 1 aliphatic carbocycles. The Morgan fingerprint density at radius 3 is 2.43 bits per heavy atom. The Morgan fingerprint density at radius 2 is 1.82 bits per heavy atom. The van der Waals surface area contributed by atoms with Gasteiger partial charge < -0.3 is 24.8 Å². The summed E-state index contributed by atoms with van der Waals surface area (Å²) in [5.41, 5.74) is -2.93. The lowest BCUT2D eigenvalue weighted by Crippen LogP contribution is -2.56. The number of pyridine rings is 1. The predicted molar refractivity (Wildman–Crippen MR) is 150 cm³/mol. The van der Waals surface area contributed by atoms with Crippen LogP contribution in [0, 0.1) is 17.5 Å². The molecule has 0 bridgehead atoms. The molecule has 1 saturated heterocycles. The van der Waals surface area contributed by atoms with Crippen LogP contribution in [0.4, 0.5) is 22.0 Å². The third kappa shape index (κ3) is 6.43. The molecule has 0 amide bonds. The van der Waals surface area contributed by atoms with Gasteiger partial charge >= 0.3 is 0 Å². The molecule has 2 aliphatic rings. The summed E-state index contributed by atoms with van der Waals surface area (Å²) in [5, 5.41) is 40.0. The number of aliphatic hydroxyl groups is 3. The third-order valence-corrected chi connectivity index (χ3v) is 10.3. The molecular weight excluding hydrogens is 658 g/mol. The Kier molecular flexibility index (Phi) is 9.79. The molecule has 0 unspecified atom stereocenters. The van der Waals surface area contributed by atoms with Crippen LogP contribution in [0.25, 0.3) is 11.3 Å². The number of methoxy groups -OCH3 is 1. The van der Waals surface area contributed by atoms with Gasteiger partial charge in [-0.1, -0.05) is 28.4 Å². The van der Waals surface area contributed by atoms with E-state index in [4.69, 9.17) is 32.7 Å². The van der Waals surface area contributed by atoms with Crippen LogP contribution < -0.4 is 0 Å². The first kappa shape index (κ1) is 33.3. The number of halogens is 7. The minimum Gasteiger partial charge on any atom is -0.394 e. The predicted octanol–water partition coefficient (Wildman–Crippen LogP) is 5.11. The minimum atomic E-state index is -2.97. The SMILES string of the molecule is CO[C@@H]1[C@@H](n2cc(-c3cc(F)c(F)c(F)c3)nn2)[C@@H](O)[C@@H](CO)O[C@H]1S[C@H](c1nccc(Cl)c1Cl)C1(O)CCC(F)(F)CC1. The zero-order chi connectivity index (χ0) is 32.0. The van der Waals surface area contributed by atoms with Gasteiger partial charge in [0, 0.05) is 31.7 Å². The quantitative estimate of drug-likeness (QED) is 0.219. The van der Waals surface area contributed by atoms with E-state index in [9.17, 15) is 37.3 Å². The highest BCUT2D eigenvalue weighted by Gasteiger charge is 2.53. The van der Waals surface area contributed by atoms with Gasteiger partial charge in [0.2, 0.25) is 5.92 Å². The van der Waals surface area contributed by atoms with Crippen LogP contribution in [0.5, 0.6) is 0 Å². The van der Waals surface area contributed by atoms with Gasteiger partial charge in [-0.25, -0.2) is 26.6 Å². The number of benzene rings is 1. The summed E-state index contributed by atoms with van der Waals surface area (Å²) in [6.45, 7) is -0.668. The second kappa shape index (κ2) is 12.9. The summed E-state index contributed by atoms with van der Waals surface area (Å²) in [6.07, 6.45) is -2.98. The Labute approximate surface area is 262 Å². The molecule has 1 saturated carbocycles. The minimum absolute atomic E-state index is 0.00262. The highest BCUT2D eigenvalue weighted by molar-refractivity contribution is 8.00. The van der Waals surface area contributed by atoms with E-state index in [1.54, 1.807) is 0 Å². The molecule has 17 heteroatoms. The van der Waals surface area contributed by atoms with Crippen LogP contribution in [0.3, 0.4) is 0 Å². The zero-order valence-electron chi connectivity index (χ0n) is 22.9. The molecule has 6 atom stereocenters. The molecule has 44 heavy (non-hydrogen) atoms. The van der Waals surface area contributed by atoms with Crippen molar-refractivity contribution < 1.29 is 46.7 Å². The lowest BCUT2D eigenvalue weighted by Gasteiger charge is -2.47. The van der Waals surface area contributed by atoms with Crippen LogP contribution in [0.1, 0.15) is 42.7 Å². The number of rotatable bonds is 8. The summed E-state index contributed by atoms with van der Waals surface area (Å²) in [6, 6.07) is 1.76. The Hall–Kier alpha value is -2.11. The van der Waals surface area contributed by atoms with Gasteiger partial charge in [-0.2, -0.15) is 0 Å². The van der Waals surface area contributed by atoms with Crippen molar-refractivity contribution in [1.82, 2.24) is 20.0 Å². The second-order valence-corrected chi connectivity index (χ2v) is 12.7. The van der Waals surface area contributed by atoms with Crippen molar-refractivity contribution >= 4 is 35.0 Å². The van der Waals surface area contributed by atoms with Crippen LogP contribution in [-0.4, -0.2) is 84.3 Å². The maximum absolute atomic E-state index is 14.1. The number of aromatic nitrogens is 4. The van der Waals surface area contributed by atoms with Gasteiger partial charge in [-0.05, 0) is 31.0 Å². The standard InChI is InChI=1S/C27H27Cl2F5N4O5S/c1-42-23-21(38-10-16(36-37-38)12-8-14(30)19(32)15(31)9-12)22(40)17(11-39)43-25(23)44-24(20-18(29)13(28)2-7-35-20)26(41)3-5-27(33,34)6-4-26/h2,7-10,17,21-25,39-41H,3-6,11H2,1H3/t17-,21+,22+,23-,24-,25+/m1/s1. The highest BCUT2D eigenvalue weighted by Crippen LogP contribution is 2.54. The second-order valence-electron chi connectivity index (χ2n) is 10.7. The zero-order valence-corrected chi connectivity index (χ0v) is 25.2. The summed E-state index contributed by atoms with van der Waals surface area (Å²) in [7, 11) is 1.30. The fourth-order valence-corrected chi connectivity index (χ4v) is 7.63. The average molecular weight is 685 g/mol. The van der Waals surface area contributed by atoms with Crippen LogP contribution in [0.15, 0.2) is 30.6 Å². The molecule has 3 heterocycles. The maximum Gasteiger partial charge on any atom is 0.248 e. The molecule has 3 aromatic rings. The number of aliphatic hydroxyl groups excluding tert-OH is 2. The van der Waals surface area contributed by atoms with Crippen molar-refractivity contribution in [2.45, 2.75) is 72.2 Å². The number of hydrogen-bond acceptors (Lipinski definition) is 9. The summed E-state index contributed by atoms with van der Waals surface area (Å²) in [5.74, 6) is -7.50. The molecule has 0 radical (unpaired) electrons. The third-order valence-electron chi connectivity index (χ3n) is 7.92. The van der Waals surface area contributed by atoms with Crippen molar-refractivity contribution in [2.24, 2.45) is 0 Å². The Morgan fingerprint density at radius 1 is 1.16 bits per heavy atom. The fraction of sp³-hybridized carbons (Fsp3) is 0.519. The molecule has 1 aromatic carbocycles. The first-order valence-electron chi connectivity index (χ1n) is 13.4. The van der Waals surface area contributed by atoms with E-state index in [0.717, 1.165) is 28.6 Å². The van der Waals surface area contributed by atoms with Gasteiger partial charge in [0.25, 0.3) is 0 Å². The van der Waals surface area contributed by atoms with E-state index in [0.29, 0.717) is 0 Å². The van der Waals surface area contributed by atoms with Gasteiger partial charge in [-0.3, -0.25) is 4.98 Å². The first-order chi connectivity index (χ1) is 20.8. The molecule has 3 N–H and O–H groups in total. The lowest BCUT2D eigenvalue weighted by atomic mass is 9.79. The molecule has 240 valence electrons. The van der Waals surface area contributed by atoms with Crippen molar-refractivity contribution in [3.8, 4) is 11.3 Å². The van der Waals surface area contributed by atoms with Crippen LogP contribution in [-0.2, 0) is 9.47 Å². The van der Waals surface area contributed by atoms with Crippen molar-refractivity contribution in [2.75, 3.05) is 13.7 Å². The lowest BCUT2D eigenvalue weighted by molar-refractivity contribution is -0.186. The van der Waals surface area contributed by atoms with E-state index >= 15 is 0 Å². The van der Waals surface area contributed by atoms with Gasteiger partial charge in [-0.15, -0.1) is 16.9 Å². The number of alkyl halides is 2. The summed E-state index contributed by atoms with van der Waals surface area (Å²) < 4.78 is 82.5. The topological polar surface area (TPSA) is 123 Å². The van der Waals surface area contributed by atoms with Gasteiger partial charge in [0.05, 0.1) is 39.4 Å². The monoisotopic (exact) mass is 684 g/mol. The average Bonchev–Trinajstić information content (AvgIpc) is 3.48. The van der Waals surface area contributed by atoms with Crippen molar-refractivity contribution in [1.29, 1.82) is 0 Å². The van der Waals surface area contributed by atoms with E-state index in [2.05, 4.69) is 15.3 Å². The number of thioether (sulfide) groups is 1. The van der Waals surface area contributed by atoms with Crippen LogP contribution >= 0.6 is 35.0 Å². The number of ether oxygens (including phenoxy) is 2. The molecule has 2 aromatic heterocycles. The molecular formula is C27H27Cl2F5N4O5S. The van der Waals surface area contributed by atoms with E-state index in [1.165, 1.54) is 25.6 Å². The van der Waals surface area contributed by atoms with Gasteiger partial charge in [0.15, 0.2) is 17.5 Å². The smallest absolute Gasteiger partial charge is 0.248 e. The fourth-order valence-electron chi connectivity index (χ4n) is 5.49. The summed E-state index contributed by atoms with van der Waals surface area (Å²) >= 11 is 13.7. The molecule has 2 fully saturated rings. The normalized spacial score (nSPS) is 27.3. The van der Waals surface area contributed by atoms with Crippen molar-refractivity contribution in [3.05, 3.63) is 63.8 Å². The Balaban J connectivity index is 1.52. The van der Waals surface area contributed by atoms with Crippen LogP contribution in [0.2, 0.25) is 10.0 Å². The van der Waals surface area contributed by atoms with Gasteiger partial charge in [0.1, 0.15) is 35.5 Å². The highest BCUT2D eigenvalue weighted by atomic mass is 35.5. The van der Waals surface area contributed by atoms with E-state index < -0.39 is 83.5 Å². The number of hydrogen-bond donors (Lipinski definition) is 3. The molecule has 9 nitrogen and oxygen atoms in total. The van der Waals surface area contributed by atoms with E-state index in [-0.39, 0.29) is 39.8 Å². The summed E-state index contributed by atoms with van der Waals surface area (Å²) in [4.78, 5) is 4.31. The van der Waals surface area contributed by atoms with E-state index in [1.807, 2.05) is 0 Å². The molecule has 1 aliphatic heterocycles. The first-order valence-corrected chi connectivity index (χ1v) is 15.1. The largest absolute Gasteiger partial charge is 0.394 e.